The van der Waals surface area contributed by atoms with E-state index in [1.807, 2.05) is 11.0 Å². The van der Waals surface area contributed by atoms with Crippen molar-refractivity contribution in [3.63, 3.8) is 0 Å². The molecule has 1 aromatic heterocycles. The molecule has 3 heterocycles. The first kappa shape index (κ1) is 9.36. The van der Waals surface area contributed by atoms with Gasteiger partial charge in [0.15, 0.2) is 0 Å². The Kier molecular flexibility index (Phi) is 2.25. The molecule has 1 amide bonds. The third-order valence-electron chi connectivity index (χ3n) is 3.07. The molecule has 0 saturated carbocycles. The lowest BCUT2D eigenvalue weighted by atomic mass is 10.1. The van der Waals surface area contributed by atoms with Gasteiger partial charge in [0.1, 0.15) is 6.10 Å². The Morgan fingerprint density at radius 3 is 3.13 bits per heavy atom. The molecular formula is C11H13NO2S. The molecule has 1 aromatic rings. The second kappa shape index (κ2) is 3.61. The fraction of sp³-hybridized carbons (Fsp3) is 0.545. The van der Waals surface area contributed by atoms with Gasteiger partial charge in [-0.1, -0.05) is 6.07 Å². The van der Waals surface area contributed by atoms with Crippen LogP contribution in [0, 0.1) is 0 Å². The van der Waals surface area contributed by atoms with Crippen LogP contribution < -0.4 is 0 Å². The third kappa shape index (κ3) is 1.79. The lowest BCUT2D eigenvalue weighted by Crippen LogP contribution is -2.35. The van der Waals surface area contributed by atoms with Crippen molar-refractivity contribution in [2.24, 2.45) is 0 Å². The van der Waals surface area contributed by atoms with Crippen molar-refractivity contribution in [3.05, 3.63) is 22.4 Å². The number of carbonyl (C=O) groups excluding carboxylic acids is 1. The monoisotopic (exact) mass is 223 g/mol. The van der Waals surface area contributed by atoms with Gasteiger partial charge in [-0.3, -0.25) is 4.79 Å². The third-order valence-corrected chi connectivity index (χ3v) is 3.93. The molecule has 2 aliphatic heterocycles. The number of thiophene rings is 1. The Labute approximate surface area is 92.6 Å². The maximum absolute atomic E-state index is 11.7. The topological polar surface area (TPSA) is 32.8 Å². The van der Waals surface area contributed by atoms with Crippen LogP contribution >= 0.6 is 11.3 Å². The van der Waals surface area contributed by atoms with Crippen LogP contribution in [0.2, 0.25) is 0 Å². The van der Waals surface area contributed by atoms with E-state index in [1.54, 1.807) is 11.3 Å². The number of hydrogen-bond acceptors (Lipinski definition) is 3. The Bertz CT molecular complexity index is 359. The minimum absolute atomic E-state index is 0.281. The molecule has 3 nitrogen and oxygen atoms in total. The van der Waals surface area contributed by atoms with Gasteiger partial charge in [0.2, 0.25) is 5.91 Å². The van der Waals surface area contributed by atoms with Crippen LogP contribution in [0.1, 0.15) is 17.7 Å². The number of amides is 1. The van der Waals surface area contributed by atoms with E-state index in [0.717, 1.165) is 19.6 Å². The van der Waals surface area contributed by atoms with Gasteiger partial charge < -0.3 is 9.64 Å². The summed E-state index contributed by atoms with van der Waals surface area (Å²) >= 11 is 1.71. The largest absolute Gasteiger partial charge is 0.371 e. The molecule has 0 aromatic carbocycles. The van der Waals surface area contributed by atoms with E-state index in [4.69, 9.17) is 4.74 Å². The summed E-state index contributed by atoms with van der Waals surface area (Å²) in [5, 5.41) is 2.05. The maximum atomic E-state index is 11.7. The number of rotatable bonds is 3. The van der Waals surface area contributed by atoms with E-state index >= 15 is 0 Å². The van der Waals surface area contributed by atoms with Gasteiger partial charge in [0, 0.05) is 11.3 Å². The van der Waals surface area contributed by atoms with Crippen molar-refractivity contribution >= 4 is 17.2 Å². The van der Waals surface area contributed by atoms with E-state index in [1.165, 1.54) is 4.88 Å². The van der Waals surface area contributed by atoms with Crippen LogP contribution in [0.4, 0.5) is 0 Å². The quantitative estimate of drug-likeness (QED) is 0.730. The second-order valence-corrected chi connectivity index (χ2v) is 5.11. The minimum Gasteiger partial charge on any atom is -0.371 e. The van der Waals surface area contributed by atoms with Crippen molar-refractivity contribution in [2.45, 2.75) is 31.5 Å². The molecule has 0 aliphatic carbocycles. The highest BCUT2D eigenvalue weighted by Crippen LogP contribution is 2.31. The Morgan fingerprint density at radius 1 is 1.60 bits per heavy atom. The Morgan fingerprint density at radius 2 is 2.47 bits per heavy atom. The van der Waals surface area contributed by atoms with E-state index in [9.17, 15) is 4.79 Å². The molecule has 2 atom stereocenters. The zero-order valence-corrected chi connectivity index (χ0v) is 9.20. The molecular weight excluding hydrogens is 210 g/mol. The van der Waals surface area contributed by atoms with Gasteiger partial charge >= 0.3 is 0 Å². The predicted molar refractivity (Wildman–Crippen MR) is 57.6 cm³/mol. The highest BCUT2D eigenvalue weighted by Gasteiger charge is 2.42. The molecule has 2 aliphatic rings. The highest BCUT2D eigenvalue weighted by atomic mass is 32.1. The first-order chi connectivity index (χ1) is 7.34. The molecule has 2 saturated heterocycles. The number of hydrogen-bond donors (Lipinski definition) is 0. The summed E-state index contributed by atoms with van der Waals surface area (Å²) in [6, 6.07) is 4.45. The van der Waals surface area contributed by atoms with Crippen LogP contribution in [0.15, 0.2) is 17.5 Å². The molecule has 3 rings (SSSR count). The Hall–Kier alpha value is -0.870. The predicted octanol–water partition coefficient (Wildman–Crippen LogP) is 1.64. The van der Waals surface area contributed by atoms with Crippen LogP contribution in [0.5, 0.6) is 0 Å². The zero-order valence-electron chi connectivity index (χ0n) is 8.39. The second-order valence-electron chi connectivity index (χ2n) is 4.08. The molecule has 0 radical (unpaired) electrons. The van der Waals surface area contributed by atoms with Gasteiger partial charge in [0.25, 0.3) is 0 Å². The van der Waals surface area contributed by atoms with Crippen LogP contribution in [0.3, 0.4) is 0 Å². The average Bonchev–Trinajstić information content (AvgIpc) is 2.82. The summed E-state index contributed by atoms with van der Waals surface area (Å²) in [6.45, 7) is 1.60. The lowest BCUT2D eigenvalue weighted by molar-refractivity contribution is -0.129. The SMILES string of the molecule is O=C1CC[C@H](C2CO2)N1Cc1cccs1. The number of likely N-dealkylation sites (tertiary alicyclic amines) is 1. The van der Waals surface area contributed by atoms with E-state index in [-0.39, 0.29) is 5.91 Å². The summed E-state index contributed by atoms with van der Waals surface area (Å²) in [7, 11) is 0. The van der Waals surface area contributed by atoms with Crippen LogP contribution in [-0.4, -0.2) is 29.6 Å². The number of carbonyl (C=O) groups is 1. The smallest absolute Gasteiger partial charge is 0.223 e. The molecule has 0 bridgehead atoms. The number of nitrogens with zero attached hydrogens (tertiary/aromatic N) is 1. The Balaban J connectivity index is 1.74. The summed E-state index contributed by atoms with van der Waals surface area (Å²) in [5.41, 5.74) is 0. The molecule has 1 unspecified atom stereocenters. The lowest BCUT2D eigenvalue weighted by Gasteiger charge is -2.22. The van der Waals surface area contributed by atoms with Crippen molar-refractivity contribution in [1.29, 1.82) is 0 Å². The van der Waals surface area contributed by atoms with Gasteiger partial charge in [0.05, 0.1) is 19.2 Å². The summed E-state index contributed by atoms with van der Waals surface area (Å²) < 4.78 is 5.30. The highest BCUT2D eigenvalue weighted by molar-refractivity contribution is 7.09. The van der Waals surface area contributed by atoms with Crippen molar-refractivity contribution in [2.75, 3.05) is 6.61 Å². The van der Waals surface area contributed by atoms with Gasteiger partial charge in [-0.2, -0.15) is 0 Å². The summed E-state index contributed by atoms with van der Waals surface area (Å²) in [6.07, 6.45) is 1.97. The van der Waals surface area contributed by atoms with E-state index in [2.05, 4.69) is 11.4 Å². The van der Waals surface area contributed by atoms with E-state index < -0.39 is 0 Å². The van der Waals surface area contributed by atoms with Crippen molar-refractivity contribution < 1.29 is 9.53 Å². The average molecular weight is 223 g/mol. The van der Waals surface area contributed by atoms with Gasteiger partial charge in [-0.05, 0) is 17.9 Å². The fourth-order valence-corrected chi connectivity index (χ4v) is 2.90. The number of epoxide rings is 1. The fourth-order valence-electron chi connectivity index (χ4n) is 2.20. The van der Waals surface area contributed by atoms with Crippen LogP contribution in [-0.2, 0) is 16.1 Å². The first-order valence-electron chi connectivity index (χ1n) is 5.28. The van der Waals surface area contributed by atoms with Crippen molar-refractivity contribution in [3.8, 4) is 0 Å². The molecule has 0 N–H and O–H groups in total. The van der Waals surface area contributed by atoms with Crippen LogP contribution in [0.25, 0.3) is 0 Å². The molecule has 0 spiro atoms. The standard InChI is InChI=1S/C11H13NO2S/c13-11-4-3-9(10-7-14-10)12(11)6-8-2-1-5-15-8/h1-2,5,9-10H,3-4,6-7H2/t9-,10?/m1/s1. The van der Waals surface area contributed by atoms with Gasteiger partial charge in [-0.25, -0.2) is 0 Å². The van der Waals surface area contributed by atoms with E-state index in [0.29, 0.717) is 18.6 Å². The maximum Gasteiger partial charge on any atom is 0.223 e. The van der Waals surface area contributed by atoms with Crippen molar-refractivity contribution in [1.82, 2.24) is 4.90 Å². The molecule has 2 fully saturated rings. The number of ether oxygens (including phenoxy) is 1. The summed E-state index contributed by atoms with van der Waals surface area (Å²) in [4.78, 5) is 15.0. The molecule has 15 heavy (non-hydrogen) atoms. The summed E-state index contributed by atoms with van der Waals surface area (Å²) in [5.74, 6) is 0.281. The van der Waals surface area contributed by atoms with Gasteiger partial charge in [-0.15, -0.1) is 11.3 Å². The first-order valence-corrected chi connectivity index (χ1v) is 6.16. The molecule has 80 valence electrons. The molecule has 4 heteroatoms. The normalized spacial score (nSPS) is 29.9. The zero-order chi connectivity index (χ0) is 10.3. The minimum atomic E-state index is 0.281.